The molecule has 1 aliphatic heterocycles. The number of carbonyl (C=O) groups excluding carboxylic acids is 2. The smallest absolute Gasteiger partial charge is 0.317 e. The highest BCUT2D eigenvalue weighted by molar-refractivity contribution is 5.78. The van der Waals surface area contributed by atoms with Crippen LogP contribution in [0.2, 0.25) is 0 Å². The lowest BCUT2D eigenvalue weighted by molar-refractivity contribution is -0.132. The summed E-state index contributed by atoms with van der Waals surface area (Å²) in [5, 5.41) is 7.54. The van der Waals surface area contributed by atoms with E-state index >= 15 is 0 Å². The summed E-state index contributed by atoms with van der Waals surface area (Å²) in [4.78, 5) is 27.4. The van der Waals surface area contributed by atoms with E-state index in [1.165, 1.54) is 0 Å². The molecule has 1 aromatic carbocycles. The lowest BCUT2D eigenvalue weighted by Gasteiger charge is -2.31. The van der Waals surface area contributed by atoms with Gasteiger partial charge in [0.05, 0.1) is 11.4 Å². The van der Waals surface area contributed by atoms with Gasteiger partial charge in [-0.25, -0.2) is 9.48 Å². The van der Waals surface area contributed by atoms with Crippen molar-refractivity contribution in [2.75, 3.05) is 20.6 Å². The number of hydrogen-bond acceptors (Lipinski definition) is 3. The lowest BCUT2D eigenvalue weighted by Crippen LogP contribution is -2.51. The molecular formula is C20H27N5O2. The number of nitrogens with zero attached hydrogens (tertiary/aromatic N) is 4. The second-order valence-corrected chi connectivity index (χ2v) is 7.32. The Kier molecular flexibility index (Phi) is 5.48. The van der Waals surface area contributed by atoms with E-state index in [2.05, 4.69) is 16.5 Å². The second-order valence-electron chi connectivity index (χ2n) is 7.32. The van der Waals surface area contributed by atoms with Gasteiger partial charge in [0.25, 0.3) is 0 Å². The number of piperidine rings is 1. The molecular weight excluding hydrogens is 342 g/mol. The molecule has 0 bridgehead atoms. The molecule has 27 heavy (non-hydrogen) atoms. The SMILES string of the molecule is Cc1cc(C)n(-c2cccc(CN(C)C(=O)N[C@H]3CCC(=O)N(C)C3)c2)n1. The normalized spacial score (nSPS) is 17.1. The van der Waals surface area contributed by atoms with Crippen LogP contribution in [0.25, 0.3) is 5.69 Å². The summed E-state index contributed by atoms with van der Waals surface area (Å²) in [6.07, 6.45) is 1.17. The Balaban J connectivity index is 1.63. The minimum atomic E-state index is -0.126. The van der Waals surface area contributed by atoms with Crippen molar-refractivity contribution in [1.29, 1.82) is 0 Å². The molecule has 0 aliphatic carbocycles. The minimum Gasteiger partial charge on any atom is -0.344 e. The fourth-order valence-corrected chi connectivity index (χ4v) is 3.44. The van der Waals surface area contributed by atoms with E-state index in [0.29, 0.717) is 25.9 Å². The largest absolute Gasteiger partial charge is 0.344 e. The highest BCUT2D eigenvalue weighted by Crippen LogP contribution is 2.15. The average molecular weight is 369 g/mol. The topological polar surface area (TPSA) is 70.5 Å². The second kappa shape index (κ2) is 7.82. The molecule has 1 N–H and O–H groups in total. The van der Waals surface area contributed by atoms with Crippen molar-refractivity contribution in [1.82, 2.24) is 24.9 Å². The van der Waals surface area contributed by atoms with Gasteiger partial charge in [0.2, 0.25) is 5.91 Å². The van der Waals surface area contributed by atoms with Gasteiger partial charge in [0, 0.05) is 45.3 Å². The van der Waals surface area contributed by atoms with Crippen LogP contribution in [0.5, 0.6) is 0 Å². The van der Waals surface area contributed by atoms with Crippen LogP contribution in [-0.4, -0.2) is 58.2 Å². The van der Waals surface area contributed by atoms with E-state index in [9.17, 15) is 9.59 Å². The van der Waals surface area contributed by atoms with Crippen LogP contribution in [0.15, 0.2) is 30.3 Å². The first-order valence-electron chi connectivity index (χ1n) is 9.21. The molecule has 0 radical (unpaired) electrons. The zero-order chi connectivity index (χ0) is 19.6. The van der Waals surface area contributed by atoms with E-state index in [4.69, 9.17) is 0 Å². The van der Waals surface area contributed by atoms with Crippen LogP contribution in [0.1, 0.15) is 29.8 Å². The fraction of sp³-hybridized carbons (Fsp3) is 0.450. The number of amides is 3. The van der Waals surface area contributed by atoms with E-state index < -0.39 is 0 Å². The van der Waals surface area contributed by atoms with Crippen molar-refractivity contribution < 1.29 is 9.59 Å². The first kappa shape index (κ1) is 18.9. The van der Waals surface area contributed by atoms with Gasteiger partial charge in [-0.05, 0) is 44.0 Å². The third kappa shape index (κ3) is 4.48. The summed E-state index contributed by atoms with van der Waals surface area (Å²) in [5.41, 5.74) is 4.07. The van der Waals surface area contributed by atoms with Gasteiger partial charge in [-0.2, -0.15) is 5.10 Å². The van der Waals surface area contributed by atoms with Crippen LogP contribution in [0, 0.1) is 13.8 Å². The van der Waals surface area contributed by atoms with E-state index in [1.807, 2.05) is 42.8 Å². The van der Waals surface area contributed by atoms with Gasteiger partial charge >= 0.3 is 6.03 Å². The number of urea groups is 1. The number of hydrogen-bond donors (Lipinski definition) is 1. The number of aryl methyl sites for hydroxylation is 2. The maximum absolute atomic E-state index is 12.5. The maximum Gasteiger partial charge on any atom is 0.317 e. The number of nitrogens with one attached hydrogen (secondary N) is 1. The zero-order valence-electron chi connectivity index (χ0n) is 16.4. The number of carbonyl (C=O) groups is 2. The minimum absolute atomic E-state index is 0.00341. The van der Waals surface area contributed by atoms with Gasteiger partial charge < -0.3 is 15.1 Å². The van der Waals surface area contributed by atoms with Crippen molar-refractivity contribution in [2.24, 2.45) is 0 Å². The third-order valence-corrected chi connectivity index (χ3v) is 4.89. The van der Waals surface area contributed by atoms with Gasteiger partial charge in [0.15, 0.2) is 0 Å². The molecule has 1 aliphatic rings. The summed E-state index contributed by atoms with van der Waals surface area (Å²) in [5.74, 6) is 0.134. The fourth-order valence-electron chi connectivity index (χ4n) is 3.44. The summed E-state index contributed by atoms with van der Waals surface area (Å²) in [6.45, 7) is 5.06. The molecule has 0 spiro atoms. The maximum atomic E-state index is 12.5. The van der Waals surface area contributed by atoms with Crippen molar-refractivity contribution in [3.63, 3.8) is 0 Å². The molecule has 144 valence electrons. The molecule has 7 heteroatoms. The Morgan fingerprint density at radius 1 is 1.33 bits per heavy atom. The average Bonchev–Trinajstić information content (AvgIpc) is 2.96. The van der Waals surface area contributed by atoms with Gasteiger partial charge in [-0.1, -0.05) is 12.1 Å². The molecule has 2 heterocycles. The zero-order valence-corrected chi connectivity index (χ0v) is 16.4. The lowest BCUT2D eigenvalue weighted by atomic mass is 10.1. The number of likely N-dealkylation sites (N-methyl/N-ethyl adjacent to an activating group) is 1. The number of rotatable bonds is 4. The van der Waals surface area contributed by atoms with Crippen molar-refractivity contribution in [3.8, 4) is 5.69 Å². The molecule has 7 nitrogen and oxygen atoms in total. The van der Waals surface area contributed by atoms with E-state index in [1.54, 1.807) is 23.9 Å². The van der Waals surface area contributed by atoms with Crippen LogP contribution in [-0.2, 0) is 11.3 Å². The van der Waals surface area contributed by atoms with Gasteiger partial charge in [0.1, 0.15) is 0 Å². The van der Waals surface area contributed by atoms with Crippen LogP contribution in [0.3, 0.4) is 0 Å². The van der Waals surface area contributed by atoms with Crippen LogP contribution in [0.4, 0.5) is 4.79 Å². The number of likely N-dealkylation sites (tertiary alicyclic amines) is 1. The van der Waals surface area contributed by atoms with Crippen LogP contribution >= 0.6 is 0 Å². The molecule has 1 atom stereocenters. The molecule has 3 amide bonds. The van der Waals surface area contributed by atoms with Crippen molar-refractivity contribution in [2.45, 2.75) is 39.3 Å². The molecule has 3 rings (SSSR count). The summed E-state index contributed by atoms with van der Waals surface area (Å²) >= 11 is 0. The van der Waals surface area contributed by atoms with Crippen molar-refractivity contribution in [3.05, 3.63) is 47.3 Å². The van der Waals surface area contributed by atoms with Crippen LogP contribution < -0.4 is 5.32 Å². The first-order chi connectivity index (χ1) is 12.8. The summed E-state index contributed by atoms with van der Waals surface area (Å²) in [6, 6.07) is 9.97. The highest BCUT2D eigenvalue weighted by Gasteiger charge is 2.25. The predicted octanol–water partition coefficient (Wildman–Crippen LogP) is 2.25. The molecule has 1 aromatic heterocycles. The van der Waals surface area contributed by atoms with E-state index in [0.717, 1.165) is 22.6 Å². The summed E-state index contributed by atoms with van der Waals surface area (Å²) < 4.78 is 1.91. The summed E-state index contributed by atoms with van der Waals surface area (Å²) in [7, 11) is 3.55. The molecule has 2 aromatic rings. The predicted molar refractivity (Wildman–Crippen MR) is 104 cm³/mol. The van der Waals surface area contributed by atoms with Gasteiger partial charge in [-0.3, -0.25) is 4.79 Å². The Morgan fingerprint density at radius 2 is 2.11 bits per heavy atom. The molecule has 1 fully saturated rings. The highest BCUT2D eigenvalue weighted by atomic mass is 16.2. The monoisotopic (exact) mass is 369 g/mol. The number of aromatic nitrogens is 2. The van der Waals surface area contributed by atoms with E-state index in [-0.39, 0.29) is 18.0 Å². The standard InChI is InChI=1S/C20H27N5O2/c1-14-10-15(2)25(22-14)18-7-5-6-16(11-18)12-24(4)20(27)21-17-8-9-19(26)23(3)13-17/h5-7,10-11,17H,8-9,12-13H2,1-4H3,(H,21,27)/t17-/m0/s1. The Labute approximate surface area is 159 Å². The van der Waals surface area contributed by atoms with Crippen molar-refractivity contribution >= 4 is 11.9 Å². The number of benzene rings is 1. The quantitative estimate of drug-likeness (QED) is 0.899. The molecule has 0 saturated carbocycles. The molecule has 0 unspecified atom stereocenters. The molecule has 1 saturated heterocycles. The Morgan fingerprint density at radius 3 is 2.78 bits per heavy atom. The third-order valence-electron chi connectivity index (χ3n) is 4.89. The Hall–Kier alpha value is -2.83. The first-order valence-corrected chi connectivity index (χ1v) is 9.21. The van der Waals surface area contributed by atoms with Gasteiger partial charge in [-0.15, -0.1) is 0 Å². The Bertz CT molecular complexity index is 845.